The fourth-order valence-corrected chi connectivity index (χ4v) is 3.55. The number of carbonyl (C=O) groups is 1. The average Bonchev–Trinajstić information content (AvgIpc) is 3.14. The highest BCUT2D eigenvalue weighted by atomic mass is 32.1. The first-order valence-electron chi connectivity index (χ1n) is 8.02. The molecular weight excluding hydrogens is 326 g/mol. The van der Waals surface area contributed by atoms with Gasteiger partial charge in [-0.2, -0.15) is 0 Å². The molecule has 2 unspecified atom stereocenters. The second kappa shape index (κ2) is 6.52. The van der Waals surface area contributed by atoms with Crippen molar-refractivity contribution in [2.45, 2.75) is 51.8 Å². The van der Waals surface area contributed by atoms with E-state index in [4.69, 9.17) is 4.74 Å². The number of ether oxygens (including phenoxy) is 1. The number of urea groups is 1. The Balaban J connectivity index is 1.60. The van der Waals surface area contributed by atoms with Crippen LogP contribution in [0, 0.1) is 0 Å². The Hall–Kier alpha value is -1.93. The van der Waals surface area contributed by atoms with Crippen LogP contribution in [0.4, 0.5) is 10.7 Å². The van der Waals surface area contributed by atoms with Crippen LogP contribution in [0.1, 0.15) is 44.2 Å². The van der Waals surface area contributed by atoms with E-state index in [-0.39, 0.29) is 29.7 Å². The Morgan fingerprint density at radius 3 is 3.00 bits per heavy atom. The van der Waals surface area contributed by atoms with Gasteiger partial charge in [0, 0.05) is 11.3 Å². The Morgan fingerprint density at radius 1 is 1.50 bits per heavy atom. The van der Waals surface area contributed by atoms with Gasteiger partial charge in [-0.3, -0.25) is 5.32 Å². The van der Waals surface area contributed by atoms with Gasteiger partial charge in [0.05, 0.1) is 18.2 Å². The number of thiophene rings is 1. The molecule has 0 saturated heterocycles. The number of fused-ring (bicyclic) bond motifs is 1. The third-order valence-electron chi connectivity index (χ3n) is 3.93. The molecule has 0 aliphatic carbocycles. The largest absolute Gasteiger partial charge is 0.371 e. The summed E-state index contributed by atoms with van der Waals surface area (Å²) in [6.45, 7) is 8.69. The van der Waals surface area contributed by atoms with Crippen LogP contribution in [-0.2, 0) is 16.7 Å². The third-order valence-corrected chi connectivity index (χ3v) is 4.93. The summed E-state index contributed by atoms with van der Waals surface area (Å²) >= 11 is 1.74. The predicted molar refractivity (Wildman–Crippen MR) is 93.4 cm³/mol. The minimum absolute atomic E-state index is 0.120. The summed E-state index contributed by atoms with van der Waals surface area (Å²) in [5, 5.41) is 11.9. The molecule has 130 valence electrons. The van der Waals surface area contributed by atoms with E-state index < -0.39 is 0 Å². The minimum atomic E-state index is -0.333. The molecule has 3 heterocycles. The summed E-state index contributed by atoms with van der Waals surface area (Å²) in [5.41, 5.74) is 0.997. The molecular formula is C16H23N5O2S. The van der Waals surface area contributed by atoms with Crippen molar-refractivity contribution in [3.05, 3.63) is 28.2 Å². The lowest BCUT2D eigenvalue weighted by Crippen LogP contribution is -2.41. The van der Waals surface area contributed by atoms with E-state index in [9.17, 15) is 4.79 Å². The van der Waals surface area contributed by atoms with E-state index in [1.165, 1.54) is 10.4 Å². The standard InChI is InChI=1S/C16H23N5O2S/c1-10(13-11-6-8-24-12(11)5-7-23-13)18-15(22)19-14-17-9-21(20-14)16(2,3)4/h6,8-10,13H,5,7H2,1-4H3,(H2,18,19,20,22). The van der Waals surface area contributed by atoms with Crippen molar-refractivity contribution in [1.82, 2.24) is 20.1 Å². The number of anilines is 1. The van der Waals surface area contributed by atoms with Gasteiger partial charge in [-0.25, -0.2) is 14.5 Å². The van der Waals surface area contributed by atoms with Crippen LogP contribution < -0.4 is 10.6 Å². The average molecular weight is 349 g/mol. The number of aromatic nitrogens is 3. The van der Waals surface area contributed by atoms with Crippen molar-refractivity contribution in [1.29, 1.82) is 0 Å². The molecule has 2 aromatic rings. The number of hydrogen-bond donors (Lipinski definition) is 2. The third kappa shape index (κ3) is 3.59. The first-order valence-corrected chi connectivity index (χ1v) is 8.90. The molecule has 1 aliphatic heterocycles. The lowest BCUT2D eigenvalue weighted by atomic mass is 10.0. The number of carbonyl (C=O) groups excluding carboxylic acids is 1. The summed E-state index contributed by atoms with van der Waals surface area (Å²) in [6.07, 6.45) is 2.43. The lowest BCUT2D eigenvalue weighted by Gasteiger charge is -2.29. The maximum absolute atomic E-state index is 12.2. The molecule has 2 amide bonds. The first kappa shape index (κ1) is 16.9. The van der Waals surface area contributed by atoms with Crippen molar-refractivity contribution in [3.63, 3.8) is 0 Å². The molecule has 0 aromatic carbocycles. The van der Waals surface area contributed by atoms with Crippen LogP contribution in [0.2, 0.25) is 0 Å². The maximum Gasteiger partial charge on any atom is 0.321 e. The molecule has 2 N–H and O–H groups in total. The fourth-order valence-electron chi connectivity index (χ4n) is 2.65. The van der Waals surface area contributed by atoms with Gasteiger partial charge in [-0.15, -0.1) is 16.4 Å². The normalized spacial score (nSPS) is 18.8. The first-order chi connectivity index (χ1) is 11.3. The molecule has 0 spiro atoms. The second-order valence-corrected chi connectivity index (χ2v) is 7.91. The van der Waals surface area contributed by atoms with Crippen molar-refractivity contribution in [2.24, 2.45) is 0 Å². The molecule has 7 nitrogen and oxygen atoms in total. The zero-order valence-electron chi connectivity index (χ0n) is 14.4. The lowest BCUT2D eigenvalue weighted by molar-refractivity contribution is 0.0238. The van der Waals surface area contributed by atoms with Gasteiger partial charge in [0.1, 0.15) is 12.4 Å². The smallest absolute Gasteiger partial charge is 0.321 e. The van der Waals surface area contributed by atoms with Crippen LogP contribution in [-0.4, -0.2) is 33.4 Å². The van der Waals surface area contributed by atoms with E-state index in [0.717, 1.165) is 6.42 Å². The Kier molecular flexibility index (Phi) is 4.60. The molecule has 2 aromatic heterocycles. The van der Waals surface area contributed by atoms with Crippen molar-refractivity contribution in [3.8, 4) is 0 Å². The van der Waals surface area contributed by atoms with Gasteiger partial charge in [-0.1, -0.05) is 0 Å². The quantitative estimate of drug-likeness (QED) is 0.893. The summed E-state index contributed by atoms with van der Waals surface area (Å²) in [6, 6.07) is 1.59. The van der Waals surface area contributed by atoms with Gasteiger partial charge < -0.3 is 10.1 Å². The number of nitrogens with zero attached hydrogens (tertiary/aromatic N) is 3. The molecule has 24 heavy (non-hydrogen) atoms. The van der Waals surface area contributed by atoms with E-state index in [1.807, 2.05) is 27.7 Å². The topological polar surface area (TPSA) is 81.1 Å². The zero-order chi connectivity index (χ0) is 17.3. The molecule has 1 aliphatic rings. The van der Waals surface area contributed by atoms with E-state index in [0.29, 0.717) is 6.61 Å². The van der Waals surface area contributed by atoms with Crippen LogP contribution in [0.5, 0.6) is 0 Å². The number of hydrogen-bond acceptors (Lipinski definition) is 5. The van der Waals surface area contributed by atoms with Gasteiger partial charge >= 0.3 is 6.03 Å². The zero-order valence-corrected chi connectivity index (χ0v) is 15.2. The summed E-state index contributed by atoms with van der Waals surface area (Å²) < 4.78 is 7.57. The maximum atomic E-state index is 12.2. The van der Waals surface area contributed by atoms with Crippen LogP contribution in [0.25, 0.3) is 0 Å². The van der Waals surface area contributed by atoms with Gasteiger partial charge in [-0.05, 0) is 44.7 Å². The Labute approximate surface area is 145 Å². The summed E-state index contributed by atoms with van der Waals surface area (Å²) in [5.74, 6) is 0.287. The van der Waals surface area contributed by atoms with Gasteiger partial charge in [0.2, 0.25) is 5.95 Å². The molecule has 3 rings (SSSR count). The van der Waals surface area contributed by atoms with E-state index >= 15 is 0 Å². The predicted octanol–water partition coefficient (Wildman–Crippen LogP) is 2.92. The highest BCUT2D eigenvalue weighted by molar-refractivity contribution is 7.10. The van der Waals surface area contributed by atoms with Crippen molar-refractivity contribution < 1.29 is 9.53 Å². The van der Waals surface area contributed by atoms with Crippen LogP contribution >= 0.6 is 11.3 Å². The molecule has 0 bridgehead atoms. The molecule has 8 heteroatoms. The highest BCUT2D eigenvalue weighted by Crippen LogP contribution is 2.33. The molecule has 0 saturated carbocycles. The number of nitrogens with one attached hydrogen (secondary N) is 2. The number of amides is 2. The summed E-state index contributed by atoms with van der Waals surface area (Å²) in [7, 11) is 0. The number of rotatable bonds is 3. The fraction of sp³-hybridized carbons (Fsp3) is 0.562. The van der Waals surface area contributed by atoms with Crippen LogP contribution in [0.15, 0.2) is 17.8 Å². The van der Waals surface area contributed by atoms with Gasteiger partial charge in [0.25, 0.3) is 0 Å². The van der Waals surface area contributed by atoms with E-state index in [2.05, 4.69) is 32.2 Å². The van der Waals surface area contributed by atoms with Crippen molar-refractivity contribution in [2.75, 3.05) is 11.9 Å². The van der Waals surface area contributed by atoms with E-state index in [1.54, 1.807) is 22.3 Å². The van der Waals surface area contributed by atoms with Gasteiger partial charge in [0.15, 0.2) is 0 Å². The Morgan fingerprint density at radius 2 is 2.29 bits per heavy atom. The molecule has 2 atom stereocenters. The molecule has 0 radical (unpaired) electrons. The minimum Gasteiger partial charge on any atom is -0.371 e. The SMILES string of the molecule is CC(NC(=O)Nc1ncn(C(C)(C)C)n1)C1OCCc2sccc21. The summed E-state index contributed by atoms with van der Waals surface area (Å²) in [4.78, 5) is 17.7. The monoisotopic (exact) mass is 349 g/mol. The second-order valence-electron chi connectivity index (χ2n) is 6.91. The van der Waals surface area contributed by atoms with Crippen LogP contribution in [0.3, 0.4) is 0 Å². The Bertz CT molecular complexity index is 718. The highest BCUT2D eigenvalue weighted by Gasteiger charge is 2.28. The molecule has 0 fully saturated rings. The van der Waals surface area contributed by atoms with Crippen molar-refractivity contribution >= 4 is 23.3 Å².